The highest BCUT2D eigenvalue weighted by atomic mass is 16.4. The van der Waals surface area contributed by atoms with Gasteiger partial charge in [-0.2, -0.15) is 0 Å². The smallest absolute Gasteiger partial charge is 0.407 e. The van der Waals surface area contributed by atoms with Gasteiger partial charge in [0.2, 0.25) is 5.43 Å². The minimum atomic E-state index is -0.960. The van der Waals surface area contributed by atoms with Crippen LogP contribution in [0.5, 0.6) is 0 Å². The number of rotatable bonds is 2. The number of para-hydroxylation sites is 1. The fourth-order valence-electron chi connectivity index (χ4n) is 3.33. The minimum Gasteiger partial charge on any atom is -0.465 e. The van der Waals surface area contributed by atoms with E-state index in [4.69, 9.17) is 5.11 Å². The highest BCUT2D eigenvalue weighted by Crippen LogP contribution is 2.23. The molecule has 0 saturated carbocycles. The minimum absolute atomic E-state index is 0.0265. The summed E-state index contributed by atoms with van der Waals surface area (Å²) >= 11 is 0. The lowest BCUT2D eigenvalue weighted by molar-refractivity contribution is 0.102. The molecule has 0 unspecified atom stereocenters. The van der Waals surface area contributed by atoms with Gasteiger partial charge in [0.15, 0.2) is 0 Å². The van der Waals surface area contributed by atoms with Crippen molar-refractivity contribution in [2.45, 2.75) is 13.0 Å². The number of fused-ring (bicyclic) bond motifs is 2. The quantitative estimate of drug-likeness (QED) is 0.651. The van der Waals surface area contributed by atoms with Crippen molar-refractivity contribution >= 4 is 28.6 Å². The second-order valence-corrected chi connectivity index (χ2v) is 6.47. The van der Waals surface area contributed by atoms with Gasteiger partial charge in [0.05, 0.1) is 0 Å². The fourth-order valence-corrected chi connectivity index (χ4v) is 3.33. The lowest BCUT2D eigenvalue weighted by Gasteiger charge is -2.26. The van der Waals surface area contributed by atoms with E-state index in [2.05, 4.69) is 10.3 Å². The van der Waals surface area contributed by atoms with Crippen molar-refractivity contribution in [2.24, 2.45) is 0 Å². The van der Waals surface area contributed by atoms with Crippen LogP contribution in [0.1, 0.15) is 21.5 Å². The average Bonchev–Trinajstić information content (AvgIpc) is 2.67. The van der Waals surface area contributed by atoms with Crippen LogP contribution in [-0.4, -0.2) is 33.5 Å². The maximum atomic E-state index is 12.6. The van der Waals surface area contributed by atoms with E-state index in [-0.39, 0.29) is 17.5 Å². The normalized spacial score (nSPS) is 13.3. The first-order chi connectivity index (χ1) is 13.0. The van der Waals surface area contributed by atoms with Crippen LogP contribution in [-0.2, 0) is 13.0 Å². The molecular formula is C20H17N3O4. The zero-order valence-electron chi connectivity index (χ0n) is 14.4. The molecule has 0 spiro atoms. The molecule has 4 rings (SSSR count). The lowest BCUT2D eigenvalue weighted by Crippen LogP contribution is -2.34. The van der Waals surface area contributed by atoms with Crippen molar-refractivity contribution in [3.63, 3.8) is 0 Å². The molecule has 3 aromatic rings. The van der Waals surface area contributed by atoms with E-state index in [1.807, 2.05) is 12.1 Å². The van der Waals surface area contributed by atoms with Gasteiger partial charge in [-0.15, -0.1) is 0 Å². The summed E-state index contributed by atoms with van der Waals surface area (Å²) in [6, 6.07) is 12.4. The number of pyridine rings is 1. The maximum Gasteiger partial charge on any atom is 0.407 e. The van der Waals surface area contributed by atoms with E-state index in [0.29, 0.717) is 29.6 Å². The Labute approximate surface area is 154 Å². The van der Waals surface area contributed by atoms with Crippen molar-refractivity contribution in [1.29, 1.82) is 0 Å². The third kappa shape index (κ3) is 3.15. The Hall–Kier alpha value is -3.61. The zero-order valence-corrected chi connectivity index (χ0v) is 14.4. The van der Waals surface area contributed by atoms with Crippen LogP contribution in [0, 0.1) is 0 Å². The Balaban J connectivity index is 1.61. The number of aromatic amines is 1. The number of hydrogen-bond donors (Lipinski definition) is 3. The summed E-state index contributed by atoms with van der Waals surface area (Å²) in [7, 11) is 0. The summed E-state index contributed by atoms with van der Waals surface area (Å²) in [4.78, 5) is 40.6. The largest absolute Gasteiger partial charge is 0.465 e. The number of benzene rings is 2. The zero-order chi connectivity index (χ0) is 19.0. The molecular weight excluding hydrogens is 346 g/mol. The van der Waals surface area contributed by atoms with Gasteiger partial charge in [-0.3, -0.25) is 9.59 Å². The number of anilines is 1. The molecule has 1 aromatic heterocycles. The first-order valence-corrected chi connectivity index (χ1v) is 8.54. The van der Waals surface area contributed by atoms with Gasteiger partial charge in [0, 0.05) is 35.9 Å². The molecule has 2 aromatic carbocycles. The van der Waals surface area contributed by atoms with Crippen LogP contribution in [0.15, 0.2) is 53.5 Å². The molecule has 0 atom stereocenters. The van der Waals surface area contributed by atoms with Crippen LogP contribution in [0.25, 0.3) is 10.9 Å². The number of H-pyrrole nitrogens is 1. The molecule has 0 fully saturated rings. The number of carbonyl (C=O) groups is 2. The molecule has 0 aliphatic carbocycles. The summed E-state index contributed by atoms with van der Waals surface area (Å²) in [5.74, 6) is -0.507. The molecule has 0 radical (unpaired) electrons. The van der Waals surface area contributed by atoms with Crippen molar-refractivity contribution in [3.8, 4) is 0 Å². The molecule has 7 heteroatoms. The van der Waals surface area contributed by atoms with E-state index < -0.39 is 12.0 Å². The monoisotopic (exact) mass is 363 g/mol. The standard InChI is InChI=1S/C20H17N3O4/c24-18-15-3-1-2-4-17(15)21-10-16(18)19(25)22-14-6-5-12-7-8-23(20(26)27)11-13(12)9-14/h1-6,9-10H,7-8,11H2,(H,21,24)(H,22,25)(H,26,27). The molecule has 2 heterocycles. The van der Waals surface area contributed by atoms with Crippen molar-refractivity contribution < 1.29 is 14.7 Å². The molecule has 7 nitrogen and oxygen atoms in total. The molecule has 136 valence electrons. The molecule has 3 N–H and O–H groups in total. The summed E-state index contributed by atoms with van der Waals surface area (Å²) < 4.78 is 0. The number of aromatic nitrogens is 1. The van der Waals surface area contributed by atoms with Crippen LogP contribution >= 0.6 is 0 Å². The lowest BCUT2D eigenvalue weighted by atomic mass is 9.99. The predicted molar refractivity (Wildman–Crippen MR) is 101 cm³/mol. The Morgan fingerprint density at radius 1 is 1.11 bits per heavy atom. The van der Waals surface area contributed by atoms with Crippen LogP contribution < -0.4 is 10.7 Å². The third-order valence-electron chi connectivity index (χ3n) is 4.78. The van der Waals surface area contributed by atoms with E-state index in [1.54, 1.807) is 30.3 Å². The Bertz CT molecular complexity index is 1120. The van der Waals surface area contributed by atoms with Crippen molar-refractivity contribution in [3.05, 3.63) is 75.6 Å². The van der Waals surface area contributed by atoms with Gasteiger partial charge in [0.1, 0.15) is 5.56 Å². The van der Waals surface area contributed by atoms with Gasteiger partial charge in [0.25, 0.3) is 5.91 Å². The Kier molecular flexibility index (Phi) is 4.12. The SMILES string of the molecule is O=C(Nc1ccc2c(c1)CN(C(=O)O)CC2)c1c[nH]c2ccccc2c1=O. The van der Waals surface area contributed by atoms with Gasteiger partial charge < -0.3 is 20.3 Å². The van der Waals surface area contributed by atoms with Gasteiger partial charge in [-0.05, 0) is 41.8 Å². The molecule has 2 amide bonds. The molecule has 1 aliphatic rings. The first-order valence-electron chi connectivity index (χ1n) is 8.54. The molecule has 27 heavy (non-hydrogen) atoms. The van der Waals surface area contributed by atoms with E-state index in [1.165, 1.54) is 11.1 Å². The Morgan fingerprint density at radius 2 is 1.93 bits per heavy atom. The summed E-state index contributed by atoms with van der Waals surface area (Å²) in [6.07, 6.45) is 1.09. The Morgan fingerprint density at radius 3 is 2.74 bits per heavy atom. The number of hydrogen-bond acceptors (Lipinski definition) is 3. The highest BCUT2D eigenvalue weighted by Gasteiger charge is 2.21. The summed E-state index contributed by atoms with van der Waals surface area (Å²) in [6.45, 7) is 0.742. The average molecular weight is 363 g/mol. The second kappa shape index (κ2) is 6.60. The number of nitrogens with one attached hydrogen (secondary N) is 2. The maximum absolute atomic E-state index is 12.6. The van der Waals surface area contributed by atoms with E-state index in [9.17, 15) is 14.4 Å². The van der Waals surface area contributed by atoms with E-state index >= 15 is 0 Å². The number of amides is 2. The topological polar surface area (TPSA) is 102 Å². The fraction of sp³-hybridized carbons (Fsp3) is 0.150. The van der Waals surface area contributed by atoms with E-state index in [0.717, 1.165) is 11.1 Å². The molecule has 0 saturated heterocycles. The van der Waals surface area contributed by atoms with Crippen LogP contribution in [0.3, 0.4) is 0 Å². The predicted octanol–water partition coefficient (Wildman–Crippen LogP) is 2.82. The number of carbonyl (C=O) groups excluding carboxylic acids is 1. The third-order valence-corrected chi connectivity index (χ3v) is 4.78. The molecule has 1 aliphatic heterocycles. The molecule has 0 bridgehead atoms. The summed E-state index contributed by atoms with van der Waals surface area (Å²) in [5, 5.41) is 12.3. The van der Waals surface area contributed by atoms with Crippen LogP contribution in [0.4, 0.5) is 10.5 Å². The highest BCUT2D eigenvalue weighted by molar-refractivity contribution is 6.05. The van der Waals surface area contributed by atoms with Gasteiger partial charge in [-0.1, -0.05) is 18.2 Å². The van der Waals surface area contributed by atoms with Crippen molar-refractivity contribution in [1.82, 2.24) is 9.88 Å². The second-order valence-electron chi connectivity index (χ2n) is 6.47. The summed E-state index contributed by atoms with van der Waals surface area (Å²) in [5.41, 5.74) is 2.80. The number of nitrogens with zero attached hydrogens (tertiary/aromatic N) is 1. The van der Waals surface area contributed by atoms with Gasteiger partial charge >= 0.3 is 6.09 Å². The van der Waals surface area contributed by atoms with Gasteiger partial charge in [-0.25, -0.2) is 4.79 Å². The first kappa shape index (κ1) is 16.8. The van der Waals surface area contributed by atoms with Crippen LogP contribution in [0.2, 0.25) is 0 Å². The van der Waals surface area contributed by atoms with Crippen molar-refractivity contribution in [2.75, 3.05) is 11.9 Å². The number of carboxylic acid groups (broad SMARTS) is 1.